The Kier molecular flexibility index (Phi) is 5.10. The fourth-order valence-electron chi connectivity index (χ4n) is 3.16. The number of methoxy groups -OCH3 is 1. The van der Waals surface area contributed by atoms with Crippen LogP contribution in [-0.2, 0) is 7.05 Å². The SMILES string of the molecule is COc1ccc(NC(=O)c2cnc(Nc3cccc(Cl)c3)c3ccn(C)c23)cc1. The van der Waals surface area contributed by atoms with Crippen LogP contribution >= 0.6 is 11.6 Å². The Morgan fingerprint density at radius 2 is 1.90 bits per heavy atom. The number of fused-ring (bicyclic) bond motifs is 1. The van der Waals surface area contributed by atoms with E-state index in [4.69, 9.17) is 16.3 Å². The number of ether oxygens (including phenoxy) is 1. The van der Waals surface area contributed by atoms with Crippen LogP contribution in [0, 0.1) is 0 Å². The van der Waals surface area contributed by atoms with Crippen LogP contribution in [0.4, 0.5) is 17.2 Å². The van der Waals surface area contributed by atoms with Crippen molar-refractivity contribution in [3.05, 3.63) is 77.6 Å². The summed E-state index contributed by atoms with van der Waals surface area (Å²) in [6, 6.07) is 16.5. The first-order valence-electron chi connectivity index (χ1n) is 8.97. The number of carbonyl (C=O) groups excluding carboxylic acids is 1. The molecule has 0 unspecified atom stereocenters. The van der Waals surface area contributed by atoms with Crippen molar-refractivity contribution in [1.82, 2.24) is 9.55 Å². The Labute approximate surface area is 173 Å². The molecule has 0 aliphatic heterocycles. The maximum absolute atomic E-state index is 12.9. The lowest BCUT2D eigenvalue weighted by Gasteiger charge is -2.12. The van der Waals surface area contributed by atoms with Crippen LogP contribution < -0.4 is 15.4 Å². The average molecular weight is 407 g/mol. The van der Waals surface area contributed by atoms with Gasteiger partial charge in [-0.2, -0.15) is 0 Å². The molecule has 1 amide bonds. The van der Waals surface area contributed by atoms with Gasteiger partial charge in [0.1, 0.15) is 11.6 Å². The molecule has 0 saturated carbocycles. The van der Waals surface area contributed by atoms with Crippen molar-refractivity contribution >= 4 is 45.6 Å². The van der Waals surface area contributed by atoms with E-state index in [9.17, 15) is 4.79 Å². The zero-order valence-corrected chi connectivity index (χ0v) is 16.7. The van der Waals surface area contributed by atoms with Gasteiger partial charge in [0.25, 0.3) is 5.91 Å². The lowest BCUT2D eigenvalue weighted by Crippen LogP contribution is -2.14. The standard InChI is InChI=1S/C22H19ClN4O2/c1-27-11-10-18-20(27)19(22(28)26-15-6-8-17(29-2)9-7-15)13-24-21(18)25-16-5-3-4-14(23)12-16/h3-13H,1-2H3,(H,24,25)(H,26,28). The van der Waals surface area contributed by atoms with E-state index in [1.807, 2.05) is 48.1 Å². The molecule has 2 aromatic carbocycles. The predicted octanol–water partition coefficient (Wildman–Crippen LogP) is 5.23. The number of anilines is 3. The number of pyridine rings is 1. The Hall–Kier alpha value is -3.51. The zero-order chi connectivity index (χ0) is 20.4. The molecule has 0 saturated heterocycles. The van der Waals surface area contributed by atoms with Gasteiger partial charge in [0.15, 0.2) is 0 Å². The Balaban J connectivity index is 1.66. The van der Waals surface area contributed by atoms with Crippen LogP contribution in [0.1, 0.15) is 10.4 Å². The van der Waals surface area contributed by atoms with Crippen LogP contribution in [0.5, 0.6) is 5.75 Å². The first-order chi connectivity index (χ1) is 14.0. The summed E-state index contributed by atoms with van der Waals surface area (Å²) in [7, 11) is 3.50. The molecule has 2 heterocycles. The largest absolute Gasteiger partial charge is 0.497 e. The van der Waals surface area contributed by atoms with E-state index in [1.54, 1.807) is 37.6 Å². The highest BCUT2D eigenvalue weighted by atomic mass is 35.5. The van der Waals surface area contributed by atoms with Crippen LogP contribution in [0.15, 0.2) is 67.0 Å². The molecular formula is C22H19ClN4O2. The zero-order valence-electron chi connectivity index (χ0n) is 15.9. The molecule has 4 aromatic rings. The Morgan fingerprint density at radius 1 is 1.10 bits per heavy atom. The highest BCUT2D eigenvalue weighted by Crippen LogP contribution is 2.29. The lowest BCUT2D eigenvalue weighted by molar-refractivity contribution is 0.102. The smallest absolute Gasteiger partial charge is 0.259 e. The molecule has 0 atom stereocenters. The fourth-order valence-corrected chi connectivity index (χ4v) is 3.35. The van der Waals surface area contributed by atoms with E-state index in [0.717, 1.165) is 22.3 Å². The first-order valence-corrected chi connectivity index (χ1v) is 9.35. The summed E-state index contributed by atoms with van der Waals surface area (Å²) >= 11 is 6.07. The predicted molar refractivity (Wildman–Crippen MR) is 116 cm³/mol. The number of aromatic nitrogens is 2. The van der Waals surface area contributed by atoms with Gasteiger partial charge in [-0.3, -0.25) is 4.79 Å². The monoisotopic (exact) mass is 406 g/mol. The number of hydrogen-bond donors (Lipinski definition) is 2. The first kappa shape index (κ1) is 18.8. The third-order valence-corrected chi connectivity index (χ3v) is 4.82. The number of benzene rings is 2. The minimum atomic E-state index is -0.233. The van der Waals surface area contributed by atoms with Gasteiger partial charge in [0.2, 0.25) is 0 Å². The number of rotatable bonds is 5. The summed E-state index contributed by atoms with van der Waals surface area (Å²) in [6.07, 6.45) is 3.48. The van der Waals surface area contributed by atoms with Crippen LogP contribution in [-0.4, -0.2) is 22.6 Å². The molecule has 6 nitrogen and oxygen atoms in total. The lowest BCUT2D eigenvalue weighted by atomic mass is 10.1. The topological polar surface area (TPSA) is 68.2 Å². The molecule has 2 aromatic heterocycles. The number of nitrogens with zero attached hydrogens (tertiary/aromatic N) is 2. The summed E-state index contributed by atoms with van der Waals surface area (Å²) in [4.78, 5) is 17.4. The number of hydrogen-bond acceptors (Lipinski definition) is 4. The molecule has 29 heavy (non-hydrogen) atoms. The molecule has 7 heteroatoms. The van der Waals surface area contributed by atoms with Crippen molar-refractivity contribution in [2.45, 2.75) is 0 Å². The van der Waals surface area contributed by atoms with E-state index < -0.39 is 0 Å². The van der Waals surface area contributed by atoms with E-state index in [0.29, 0.717) is 22.1 Å². The molecular weight excluding hydrogens is 388 g/mol. The summed E-state index contributed by atoms with van der Waals surface area (Å²) in [6.45, 7) is 0. The van der Waals surface area contributed by atoms with E-state index in [1.165, 1.54) is 0 Å². The number of carbonyl (C=O) groups is 1. The molecule has 0 fully saturated rings. The van der Waals surface area contributed by atoms with Crippen molar-refractivity contribution in [3.8, 4) is 5.75 Å². The maximum Gasteiger partial charge on any atom is 0.259 e. The van der Waals surface area contributed by atoms with Gasteiger partial charge in [-0.05, 0) is 48.5 Å². The molecule has 0 bridgehead atoms. The van der Waals surface area contributed by atoms with Gasteiger partial charge in [-0.15, -0.1) is 0 Å². The number of amides is 1. The van der Waals surface area contributed by atoms with Crippen molar-refractivity contribution in [2.75, 3.05) is 17.7 Å². The molecule has 0 aliphatic carbocycles. The minimum Gasteiger partial charge on any atom is -0.497 e. The summed E-state index contributed by atoms with van der Waals surface area (Å²) < 4.78 is 7.06. The number of aryl methyl sites for hydroxylation is 1. The van der Waals surface area contributed by atoms with E-state index in [-0.39, 0.29) is 5.91 Å². The molecule has 2 N–H and O–H groups in total. The normalized spacial score (nSPS) is 10.7. The second-order valence-electron chi connectivity index (χ2n) is 6.53. The van der Waals surface area contributed by atoms with E-state index in [2.05, 4.69) is 15.6 Å². The Bertz CT molecular complexity index is 1190. The molecule has 0 radical (unpaired) electrons. The molecule has 0 aliphatic rings. The van der Waals surface area contributed by atoms with Gasteiger partial charge in [-0.25, -0.2) is 4.98 Å². The molecule has 146 valence electrons. The second kappa shape index (κ2) is 7.85. The van der Waals surface area contributed by atoms with Gasteiger partial charge >= 0.3 is 0 Å². The van der Waals surface area contributed by atoms with Gasteiger partial charge < -0.3 is 19.9 Å². The molecule has 4 rings (SSSR count). The third-order valence-electron chi connectivity index (χ3n) is 4.59. The van der Waals surface area contributed by atoms with Crippen LogP contribution in [0.2, 0.25) is 5.02 Å². The highest BCUT2D eigenvalue weighted by molar-refractivity contribution is 6.30. The Morgan fingerprint density at radius 3 is 2.62 bits per heavy atom. The average Bonchev–Trinajstić information content (AvgIpc) is 3.11. The minimum absolute atomic E-state index is 0.233. The highest BCUT2D eigenvalue weighted by Gasteiger charge is 2.17. The van der Waals surface area contributed by atoms with Gasteiger partial charge in [-0.1, -0.05) is 17.7 Å². The third kappa shape index (κ3) is 3.88. The van der Waals surface area contributed by atoms with E-state index >= 15 is 0 Å². The van der Waals surface area contributed by atoms with Crippen molar-refractivity contribution in [3.63, 3.8) is 0 Å². The van der Waals surface area contributed by atoms with Crippen molar-refractivity contribution in [1.29, 1.82) is 0 Å². The number of nitrogens with one attached hydrogen (secondary N) is 2. The number of halogens is 1. The van der Waals surface area contributed by atoms with Crippen LogP contribution in [0.25, 0.3) is 10.9 Å². The van der Waals surface area contributed by atoms with Crippen molar-refractivity contribution < 1.29 is 9.53 Å². The summed E-state index contributed by atoms with van der Waals surface area (Å²) in [5.41, 5.74) is 2.78. The van der Waals surface area contributed by atoms with Crippen molar-refractivity contribution in [2.24, 2.45) is 7.05 Å². The fraction of sp³-hybridized carbons (Fsp3) is 0.0909. The second-order valence-corrected chi connectivity index (χ2v) is 6.96. The quantitative estimate of drug-likeness (QED) is 0.476. The van der Waals surface area contributed by atoms with Gasteiger partial charge in [0, 0.05) is 41.2 Å². The molecule has 0 spiro atoms. The summed E-state index contributed by atoms with van der Waals surface area (Å²) in [5.74, 6) is 1.15. The van der Waals surface area contributed by atoms with Crippen LogP contribution in [0.3, 0.4) is 0 Å². The van der Waals surface area contributed by atoms with Gasteiger partial charge in [0.05, 0.1) is 18.2 Å². The maximum atomic E-state index is 12.9. The summed E-state index contributed by atoms with van der Waals surface area (Å²) in [5, 5.41) is 7.66.